The Morgan fingerprint density at radius 3 is 3.06 bits per heavy atom. The molecule has 0 aliphatic carbocycles. The molecule has 8 heteroatoms. The predicted molar refractivity (Wildman–Crippen MR) is 66.2 cm³/mol. The number of hydrogen-bond acceptors (Lipinski definition) is 6. The number of hydrazine groups is 1. The maximum absolute atomic E-state index is 12.1. The second kappa shape index (κ2) is 5.61. The van der Waals surface area contributed by atoms with Gasteiger partial charge in [-0.25, -0.2) is 13.1 Å². The SMILES string of the molecule is NNc1ccncc1S(=O)(=O)NCC1CCCO1. The van der Waals surface area contributed by atoms with E-state index in [9.17, 15) is 8.42 Å². The van der Waals surface area contributed by atoms with E-state index in [4.69, 9.17) is 10.6 Å². The number of pyridine rings is 1. The van der Waals surface area contributed by atoms with E-state index >= 15 is 0 Å². The number of nitrogens with two attached hydrogens (primary N) is 1. The number of rotatable bonds is 5. The Morgan fingerprint density at radius 2 is 2.39 bits per heavy atom. The van der Waals surface area contributed by atoms with Crippen LogP contribution in [0.4, 0.5) is 5.69 Å². The molecule has 0 saturated carbocycles. The Balaban J connectivity index is 2.09. The molecular formula is C10H16N4O3S. The highest BCUT2D eigenvalue weighted by molar-refractivity contribution is 7.89. The predicted octanol–water partition coefficient (Wildman–Crippen LogP) is -0.175. The minimum atomic E-state index is -3.63. The summed E-state index contributed by atoms with van der Waals surface area (Å²) in [6.45, 7) is 0.954. The van der Waals surface area contributed by atoms with Crippen molar-refractivity contribution in [2.45, 2.75) is 23.8 Å². The first-order valence-corrected chi connectivity index (χ1v) is 7.13. The van der Waals surface area contributed by atoms with Crippen molar-refractivity contribution in [2.24, 2.45) is 5.84 Å². The molecule has 0 spiro atoms. The maximum atomic E-state index is 12.1. The third kappa shape index (κ3) is 2.96. The number of aromatic nitrogens is 1. The van der Waals surface area contributed by atoms with E-state index in [0.29, 0.717) is 12.3 Å². The van der Waals surface area contributed by atoms with Gasteiger partial charge >= 0.3 is 0 Å². The second-order valence-electron chi connectivity index (χ2n) is 4.00. The van der Waals surface area contributed by atoms with E-state index in [2.05, 4.69) is 15.1 Å². The Hall–Kier alpha value is -1.22. The van der Waals surface area contributed by atoms with Gasteiger partial charge in [-0.05, 0) is 18.9 Å². The highest BCUT2D eigenvalue weighted by Crippen LogP contribution is 2.18. The van der Waals surface area contributed by atoms with Gasteiger partial charge in [-0.3, -0.25) is 10.8 Å². The van der Waals surface area contributed by atoms with Crippen LogP contribution in [-0.4, -0.2) is 32.7 Å². The number of hydrogen-bond donors (Lipinski definition) is 3. The summed E-state index contributed by atoms with van der Waals surface area (Å²) in [4.78, 5) is 3.83. The molecule has 7 nitrogen and oxygen atoms in total. The Bertz CT molecular complexity index is 500. The second-order valence-corrected chi connectivity index (χ2v) is 5.74. The third-order valence-corrected chi connectivity index (χ3v) is 4.21. The number of sulfonamides is 1. The highest BCUT2D eigenvalue weighted by atomic mass is 32.2. The topological polar surface area (TPSA) is 106 Å². The van der Waals surface area contributed by atoms with Crippen LogP contribution in [0.25, 0.3) is 0 Å². The summed E-state index contributed by atoms with van der Waals surface area (Å²) in [5.74, 6) is 5.27. The van der Waals surface area contributed by atoms with E-state index in [1.54, 1.807) is 0 Å². The number of anilines is 1. The van der Waals surface area contributed by atoms with Crippen molar-refractivity contribution in [2.75, 3.05) is 18.6 Å². The van der Waals surface area contributed by atoms with Crippen LogP contribution < -0.4 is 16.0 Å². The molecule has 1 fully saturated rings. The normalized spacial score (nSPS) is 19.9. The summed E-state index contributed by atoms with van der Waals surface area (Å²) in [5, 5.41) is 0. The Morgan fingerprint density at radius 1 is 1.56 bits per heavy atom. The average molecular weight is 272 g/mol. The van der Waals surface area contributed by atoms with Gasteiger partial charge in [0, 0.05) is 25.5 Å². The van der Waals surface area contributed by atoms with Crippen LogP contribution in [0.2, 0.25) is 0 Å². The van der Waals surface area contributed by atoms with Crippen molar-refractivity contribution >= 4 is 15.7 Å². The third-order valence-electron chi connectivity index (χ3n) is 2.75. The molecule has 1 saturated heterocycles. The lowest BCUT2D eigenvalue weighted by molar-refractivity contribution is 0.114. The van der Waals surface area contributed by atoms with Crippen molar-refractivity contribution in [3.05, 3.63) is 18.5 Å². The quantitative estimate of drug-likeness (QED) is 0.507. The first-order chi connectivity index (χ1) is 8.63. The lowest BCUT2D eigenvalue weighted by Crippen LogP contribution is -2.32. The summed E-state index contributed by atoms with van der Waals surface area (Å²) >= 11 is 0. The fourth-order valence-electron chi connectivity index (χ4n) is 1.80. The number of nitrogen functional groups attached to an aromatic ring is 1. The van der Waals surface area contributed by atoms with Crippen molar-refractivity contribution < 1.29 is 13.2 Å². The lowest BCUT2D eigenvalue weighted by atomic mass is 10.2. The molecule has 1 unspecified atom stereocenters. The smallest absolute Gasteiger partial charge is 0.244 e. The van der Waals surface area contributed by atoms with Gasteiger partial charge in [0.25, 0.3) is 0 Å². The molecular weight excluding hydrogens is 256 g/mol. The zero-order valence-corrected chi connectivity index (χ0v) is 10.6. The van der Waals surface area contributed by atoms with Gasteiger partial charge in [-0.15, -0.1) is 0 Å². The largest absolute Gasteiger partial charge is 0.377 e. The van der Waals surface area contributed by atoms with Gasteiger partial charge in [0.05, 0.1) is 11.8 Å². The summed E-state index contributed by atoms with van der Waals surface area (Å²) in [6, 6.07) is 1.50. The standard InChI is InChI=1S/C10H16N4O3S/c11-14-9-3-4-12-7-10(9)18(15,16)13-6-8-2-1-5-17-8/h3-4,7-8,13H,1-2,5-6,11H2,(H,12,14). The van der Waals surface area contributed by atoms with Crippen LogP contribution in [0, 0.1) is 0 Å². The molecule has 0 radical (unpaired) electrons. The molecule has 0 amide bonds. The van der Waals surface area contributed by atoms with Crippen LogP contribution in [0.3, 0.4) is 0 Å². The first kappa shape index (κ1) is 13.2. The fourth-order valence-corrected chi connectivity index (χ4v) is 2.98. The molecule has 1 aromatic rings. The molecule has 1 atom stereocenters. The van der Waals surface area contributed by atoms with Crippen molar-refractivity contribution in [1.82, 2.24) is 9.71 Å². The van der Waals surface area contributed by atoms with E-state index < -0.39 is 10.0 Å². The van der Waals surface area contributed by atoms with Gasteiger partial charge in [0.2, 0.25) is 10.0 Å². The Labute approximate surface area is 106 Å². The molecule has 2 heterocycles. The zero-order valence-electron chi connectivity index (χ0n) is 9.80. The van der Waals surface area contributed by atoms with Crippen LogP contribution in [0.15, 0.2) is 23.4 Å². The molecule has 100 valence electrons. The van der Waals surface area contributed by atoms with Gasteiger partial charge < -0.3 is 10.2 Å². The van der Waals surface area contributed by atoms with Crippen molar-refractivity contribution in [1.29, 1.82) is 0 Å². The van der Waals surface area contributed by atoms with Gasteiger partial charge in [0.1, 0.15) is 4.90 Å². The minimum Gasteiger partial charge on any atom is -0.377 e. The summed E-state index contributed by atoms with van der Waals surface area (Å²) in [7, 11) is -3.63. The minimum absolute atomic E-state index is 0.0329. The van der Waals surface area contributed by atoms with Crippen molar-refractivity contribution in [3.8, 4) is 0 Å². The average Bonchev–Trinajstić information content (AvgIpc) is 2.89. The summed E-state index contributed by atoms with van der Waals surface area (Å²) in [6.07, 6.45) is 4.51. The molecule has 0 aromatic carbocycles. The molecule has 18 heavy (non-hydrogen) atoms. The zero-order chi connectivity index (χ0) is 13.0. The molecule has 2 rings (SSSR count). The van der Waals surface area contributed by atoms with Gasteiger partial charge in [0.15, 0.2) is 0 Å². The van der Waals surface area contributed by atoms with Crippen LogP contribution in [-0.2, 0) is 14.8 Å². The van der Waals surface area contributed by atoms with E-state index in [1.165, 1.54) is 18.5 Å². The number of nitrogens with one attached hydrogen (secondary N) is 2. The fraction of sp³-hybridized carbons (Fsp3) is 0.500. The van der Waals surface area contributed by atoms with Crippen LogP contribution >= 0.6 is 0 Å². The molecule has 1 aliphatic heterocycles. The van der Waals surface area contributed by atoms with Gasteiger partial charge in [-0.2, -0.15) is 0 Å². The highest BCUT2D eigenvalue weighted by Gasteiger charge is 2.22. The lowest BCUT2D eigenvalue weighted by Gasteiger charge is -2.13. The van der Waals surface area contributed by atoms with Crippen molar-refractivity contribution in [3.63, 3.8) is 0 Å². The molecule has 1 aromatic heterocycles. The van der Waals surface area contributed by atoms with Crippen LogP contribution in [0.1, 0.15) is 12.8 Å². The first-order valence-electron chi connectivity index (χ1n) is 5.65. The Kier molecular flexibility index (Phi) is 4.12. The number of nitrogens with zero attached hydrogens (tertiary/aromatic N) is 1. The van der Waals surface area contributed by atoms with Gasteiger partial charge in [-0.1, -0.05) is 0 Å². The maximum Gasteiger partial charge on any atom is 0.244 e. The molecule has 0 bridgehead atoms. The number of ether oxygens (including phenoxy) is 1. The van der Waals surface area contributed by atoms with Crippen LogP contribution in [0.5, 0.6) is 0 Å². The van der Waals surface area contributed by atoms with E-state index in [-0.39, 0.29) is 17.5 Å². The van der Waals surface area contributed by atoms with E-state index in [1.807, 2.05) is 0 Å². The molecule has 4 N–H and O–H groups in total. The summed E-state index contributed by atoms with van der Waals surface area (Å²) in [5.41, 5.74) is 2.65. The molecule has 1 aliphatic rings. The van der Waals surface area contributed by atoms with E-state index in [0.717, 1.165) is 12.8 Å². The summed E-state index contributed by atoms with van der Waals surface area (Å²) < 4.78 is 32.0. The monoisotopic (exact) mass is 272 g/mol.